The van der Waals surface area contributed by atoms with Gasteiger partial charge in [-0.05, 0) is 50.6 Å². The average molecular weight is 442 g/mol. The third kappa shape index (κ3) is 4.21. The van der Waals surface area contributed by atoms with E-state index in [0.29, 0.717) is 23.4 Å². The Labute approximate surface area is 184 Å². The largest absolute Gasteiger partial charge is 0.496 e. The van der Waals surface area contributed by atoms with Crippen LogP contribution in [-0.4, -0.2) is 47.5 Å². The van der Waals surface area contributed by atoms with E-state index in [2.05, 4.69) is 11.1 Å². The van der Waals surface area contributed by atoms with Crippen LogP contribution in [0.2, 0.25) is 0 Å². The molecule has 0 unspecified atom stereocenters. The predicted octanol–water partition coefficient (Wildman–Crippen LogP) is 4.50. The zero-order chi connectivity index (χ0) is 23.6. The third-order valence-corrected chi connectivity index (χ3v) is 5.35. The maximum absolute atomic E-state index is 13.2. The minimum atomic E-state index is -3.12. The van der Waals surface area contributed by atoms with Crippen molar-refractivity contribution in [1.29, 1.82) is 5.26 Å². The summed E-state index contributed by atoms with van der Waals surface area (Å²) in [5.41, 5.74) is 1.68. The van der Waals surface area contributed by atoms with E-state index in [1.165, 1.54) is 18.1 Å². The van der Waals surface area contributed by atoms with Crippen LogP contribution in [0.1, 0.15) is 36.7 Å². The Morgan fingerprint density at radius 2 is 2.00 bits per heavy atom. The number of hydrogen-bond donors (Lipinski definition) is 0. The Bertz CT molecular complexity index is 1200. The molecule has 0 N–H and O–H groups in total. The fraction of sp³-hybridized carbons (Fsp3) is 0.348. The number of carbonyl (C=O) groups excluding carboxylic acids is 1. The van der Waals surface area contributed by atoms with Crippen LogP contribution in [0.15, 0.2) is 36.7 Å². The van der Waals surface area contributed by atoms with E-state index in [4.69, 9.17) is 9.47 Å². The molecule has 3 aromatic rings. The van der Waals surface area contributed by atoms with Gasteiger partial charge in [-0.3, -0.25) is 9.20 Å². The number of amides is 1. The Kier molecular flexibility index (Phi) is 6.35. The molecule has 1 amide bonds. The van der Waals surface area contributed by atoms with Crippen molar-refractivity contribution in [3.63, 3.8) is 0 Å². The van der Waals surface area contributed by atoms with E-state index in [1.54, 1.807) is 42.9 Å². The fourth-order valence-electron chi connectivity index (χ4n) is 3.28. The van der Waals surface area contributed by atoms with Crippen LogP contribution in [-0.2, 0) is 5.41 Å². The summed E-state index contributed by atoms with van der Waals surface area (Å²) in [6.45, 7) is 2.65. The number of aromatic nitrogens is 2. The highest BCUT2D eigenvalue weighted by molar-refractivity contribution is 6.00. The first-order chi connectivity index (χ1) is 15.1. The normalized spacial score (nSPS) is 11.5. The number of methoxy groups -OCH3 is 1. The number of imidazole rings is 1. The minimum absolute atomic E-state index is 0.0761. The van der Waals surface area contributed by atoms with Gasteiger partial charge in [0.15, 0.2) is 0 Å². The second-order valence-corrected chi connectivity index (χ2v) is 7.77. The molecule has 1 aromatic carbocycles. The van der Waals surface area contributed by atoms with E-state index in [-0.39, 0.29) is 17.1 Å². The Hall–Kier alpha value is -3.67. The number of fused-ring (bicyclic) bond motifs is 1. The number of hydrogen-bond acceptors (Lipinski definition) is 5. The summed E-state index contributed by atoms with van der Waals surface area (Å²) >= 11 is 0. The van der Waals surface area contributed by atoms with Crippen LogP contribution in [0.4, 0.5) is 8.78 Å². The highest BCUT2D eigenvalue weighted by Gasteiger charge is 2.26. The van der Waals surface area contributed by atoms with Crippen LogP contribution >= 0.6 is 0 Å². The van der Waals surface area contributed by atoms with Crippen molar-refractivity contribution in [2.24, 2.45) is 0 Å². The molecule has 0 atom stereocenters. The van der Waals surface area contributed by atoms with E-state index in [9.17, 15) is 18.8 Å². The molecule has 0 aliphatic rings. The molecule has 9 heteroatoms. The lowest BCUT2D eigenvalue weighted by Gasteiger charge is -2.20. The van der Waals surface area contributed by atoms with Crippen molar-refractivity contribution in [2.45, 2.75) is 32.8 Å². The van der Waals surface area contributed by atoms with Gasteiger partial charge in [0.2, 0.25) is 0 Å². The first-order valence-electron chi connectivity index (χ1n) is 9.94. The first-order valence-corrected chi connectivity index (χ1v) is 9.94. The molecular formula is C23H24F2N4O3. The van der Waals surface area contributed by atoms with Crippen molar-refractivity contribution in [3.05, 3.63) is 47.8 Å². The summed E-state index contributed by atoms with van der Waals surface area (Å²) in [5.74, 6) is -0.662. The van der Waals surface area contributed by atoms with E-state index in [0.717, 1.165) is 5.56 Å². The van der Waals surface area contributed by atoms with Gasteiger partial charge in [-0.25, -0.2) is 4.98 Å². The number of alkyl halides is 2. The SMILES string of the molecule is CCN(C)C(=O)c1c(OC)cc(-c2cnc3cc(C(C)(C)C#N)ccn23)cc1OC(F)F. The molecule has 168 valence electrons. The molecule has 0 aliphatic carbocycles. The molecule has 2 heterocycles. The van der Waals surface area contributed by atoms with Gasteiger partial charge < -0.3 is 14.4 Å². The van der Waals surface area contributed by atoms with E-state index >= 15 is 0 Å². The predicted molar refractivity (Wildman–Crippen MR) is 115 cm³/mol. The number of ether oxygens (including phenoxy) is 2. The summed E-state index contributed by atoms with van der Waals surface area (Å²) in [6, 6.07) is 8.83. The molecule has 0 fully saturated rings. The smallest absolute Gasteiger partial charge is 0.387 e. The Morgan fingerprint density at radius 1 is 1.31 bits per heavy atom. The maximum atomic E-state index is 13.2. The first kappa shape index (κ1) is 23.0. The summed E-state index contributed by atoms with van der Waals surface area (Å²) in [6.07, 6.45) is 3.34. The van der Waals surface area contributed by atoms with Crippen molar-refractivity contribution in [1.82, 2.24) is 14.3 Å². The molecule has 0 bridgehead atoms. The lowest BCUT2D eigenvalue weighted by molar-refractivity contribution is -0.0503. The highest BCUT2D eigenvalue weighted by Crippen LogP contribution is 2.37. The van der Waals surface area contributed by atoms with Gasteiger partial charge in [0.05, 0.1) is 30.5 Å². The third-order valence-electron chi connectivity index (χ3n) is 5.35. The molecule has 0 spiro atoms. The van der Waals surface area contributed by atoms with Crippen LogP contribution in [0.25, 0.3) is 16.9 Å². The topological polar surface area (TPSA) is 79.9 Å². The van der Waals surface area contributed by atoms with E-state index in [1.807, 2.05) is 19.9 Å². The van der Waals surface area contributed by atoms with Crippen molar-refractivity contribution in [2.75, 3.05) is 20.7 Å². The number of pyridine rings is 1. The van der Waals surface area contributed by atoms with Gasteiger partial charge in [0.25, 0.3) is 5.91 Å². The van der Waals surface area contributed by atoms with Crippen molar-refractivity contribution >= 4 is 11.6 Å². The van der Waals surface area contributed by atoms with Gasteiger partial charge in [0, 0.05) is 25.4 Å². The molecular weight excluding hydrogens is 418 g/mol. The summed E-state index contributed by atoms with van der Waals surface area (Å²) in [5, 5.41) is 9.39. The van der Waals surface area contributed by atoms with Gasteiger partial charge in [0.1, 0.15) is 22.7 Å². The van der Waals surface area contributed by atoms with Crippen LogP contribution in [0.5, 0.6) is 11.5 Å². The molecule has 7 nitrogen and oxygen atoms in total. The fourth-order valence-corrected chi connectivity index (χ4v) is 3.28. The number of halogens is 2. The molecule has 2 aromatic heterocycles. The Morgan fingerprint density at radius 3 is 2.59 bits per heavy atom. The molecule has 0 saturated heterocycles. The number of benzene rings is 1. The van der Waals surface area contributed by atoms with Gasteiger partial charge in [-0.15, -0.1) is 0 Å². The molecule has 0 aliphatic heterocycles. The van der Waals surface area contributed by atoms with E-state index < -0.39 is 17.9 Å². The minimum Gasteiger partial charge on any atom is -0.496 e. The van der Waals surface area contributed by atoms with Crippen molar-refractivity contribution in [3.8, 4) is 28.8 Å². The lowest BCUT2D eigenvalue weighted by atomic mass is 9.87. The van der Waals surface area contributed by atoms with Crippen LogP contribution < -0.4 is 9.47 Å². The van der Waals surface area contributed by atoms with Gasteiger partial charge in [-0.1, -0.05) is 0 Å². The summed E-state index contributed by atoms with van der Waals surface area (Å²) < 4.78 is 38.2. The summed E-state index contributed by atoms with van der Waals surface area (Å²) in [4.78, 5) is 18.6. The van der Waals surface area contributed by atoms with Crippen LogP contribution in [0, 0.1) is 11.3 Å². The number of nitriles is 1. The quantitative estimate of drug-likeness (QED) is 0.538. The molecule has 3 rings (SSSR count). The number of carbonyl (C=O) groups is 1. The van der Waals surface area contributed by atoms with Crippen LogP contribution in [0.3, 0.4) is 0 Å². The molecule has 0 saturated carbocycles. The second-order valence-electron chi connectivity index (χ2n) is 7.77. The zero-order valence-corrected chi connectivity index (χ0v) is 18.5. The Balaban J connectivity index is 2.19. The highest BCUT2D eigenvalue weighted by atomic mass is 19.3. The average Bonchev–Trinajstić information content (AvgIpc) is 3.20. The van der Waals surface area contributed by atoms with Gasteiger partial charge in [-0.2, -0.15) is 14.0 Å². The molecule has 0 radical (unpaired) electrons. The van der Waals surface area contributed by atoms with Crippen molar-refractivity contribution < 1.29 is 23.0 Å². The zero-order valence-electron chi connectivity index (χ0n) is 18.5. The summed E-state index contributed by atoms with van der Waals surface area (Å²) in [7, 11) is 2.92. The van der Waals surface area contributed by atoms with Gasteiger partial charge >= 0.3 is 6.61 Å². The second kappa shape index (κ2) is 8.83. The lowest BCUT2D eigenvalue weighted by Crippen LogP contribution is -2.27. The maximum Gasteiger partial charge on any atom is 0.387 e. The monoisotopic (exact) mass is 442 g/mol. The number of nitrogens with zero attached hydrogens (tertiary/aromatic N) is 4. The number of rotatable bonds is 7. The molecule has 32 heavy (non-hydrogen) atoms. The standard InChI is InChI=1S/C23H24F2N4O3/c1-6-28(4)21(30)20-17(31-5)9-14(10-18(20)32-22(24)25)16-12-27-19-11-15(7-8-29(16)19)23(2,3)13-26/h7-12,22H,6H2,1-5H3.